The molecule has 0 aliphatic rings. The second-order valence-electron chi connectivity index (χ2n) is 3.50. The van der Waals surface area contributed by atoms with Crippen molar-refractivity contribution in [2.45, 2.75) is 27.7 Å². The Hall–Kier alpha value is -2.43. The van der Waals surface area contributed by atoms with Gasteiger partial charge in [0.15, 0.2) is 0 Å². The first-order chi connectivity index (χ1) is 9.94. The van der Waals surface area contributed by atoms with Crippen LogP contribution in [0.4, 0.5) is 0 Å². The third-order valence-electron chi connectivity index (χ3n) is 2.05. The van der Waals surface area contributed by atoms with Crippen molar-refractivity contribution < 1.29 is 37.9 Å². The van der Waals surface area contributed by atoms with Crippen LogP contribution in [0.3, 0.4) is 0 Å². The number of nitrogens with zero attached hydrogens (tertiary/aromatic N) is 5. The number of aromatic nitrogens is 2. The minimum Gasteiger partial charge on any atom is -0.693 e. The van der Waals surface area contributed by atoms with Crippen LogP contribution in [0, 0.1) is 0 Å². The van der Waals surface area contributed by atoms with E-state index in [1.807, 2.05) is 0 Å². The molecule has 1 aromatic rings. The summed E-state index contributed by atoms with van der Waals surface area (Å²) in [7, 11) is 0. The van der Waals surface area contributed by atoms with Gasteiger partial charge in [-0.1, -0.05) is 20.6 Å². The van der Waals surface area contributed by atoms with Gasteiger partial charge in [0.05, 0.1) is 6.33 Å². The van der Waals surface area contributed by atoms with Crippen LogP contribution in [0.5, 0.6) is 0 Å². The average Bonchev–Trinajstić information content (AvgIpc) is 3.11. The molecule has 0 aliphatic carbocycles. The molecular formula is C11H22FeN7O4-. The minimum absolute atomic E-state index is 0. The summed E-state index contributed by atoms with van der Waals surface area (Å²) in [6, 6.07) is 0. The van der Waals surface area contributed by atoms with E-state index in [1.54, 1.807) is 18.7 Å². The third kappa shape index (κ3) is 17.5. The van der Waals surface area contributed by atoms with Gasteiger partial charge in [-0.05, 0) is 27.7 Å². The Bertz CT molecular complexity index is 405. The van der Waals surface area contributed by atoms with Gasteiger partial charge >= 0.3 is 0 Å². The number of imidazole rings is 1. The second-order valence-corrected chi connectivity index (χ2v) is 3.50. The van der Waals surface area contributed by atoms with E-state index in [1.165, 1.54) is 27.7 Å². The fraction of sp³-hybridized carbons (Fsp3) is 0.364. The van der Waals surface area contributed by atoms with Gasteiger partial charge in [0.25, 0.3) is 0 Å². The van der Waals surface area contributed by atoms with Crippen molar-refractivity contribution in [3.63, 3.8) is 0 Å². The van der Waals surface area contributed by atoms with Crippen LogP contribution in [0.2, 0.25) is 0 Å². The number of hydrogen-bond acceptors (Lipinski definition) is 9. The molecule has 7 N–H and O–H groups in total. The zero-order valence-corrected chi connectivity index (χ0v) is 14.3. The molecule has 11 nitrogen and oxygen atoms in total. The molecule has 0 atom stereocenters. The fourth-order valence-electron chi connectivity index (χ4n) is 0.505. The molecule has 12 heteroatoms. The summed E-state index contributed by atoms with van der Waals surface area (Å²) in [4.78, 5) is 6.42. The maximum absolute atomic E-state index is 8.03. The minimum atomic E-state index is 0. The molecule has 0 aromatic carbocycles. The number of nitrogens with two attached hydrogens (primary N) is 1. The van der Waals surface area contributed by atoms with E-state index in [-0.39, 0.29) is 23.2 Å². The Kier molecular flexibility index (Phi) is 24.4. The van der Waals surface area contributed by atoms with Crippen LogP contribution in [0.15, 0.2) is 39.3 Å². The van der Waals surface area contributed by atoms with Gasteiger partial charge in [0.2, 0.25) is 0 Å². The number of rotatable bonds is 2. The van der Waals surface area contributed by atoms with E-state index in [2.05, 4.69) is 30.6 Å². The summed E-state index contributed by atoms with van der Waals surface area (Å²) in [5.41, 5.74) is 1.25. The van der Waals surface area contributed by atoms with Crippen LogP contribution in [-0.2, 0) is 17.1 Å². The molecule has 0 saturated carbocycles. The Morgan fingerprint density at radius 1 is 0.783 bits per heavy atom. The van der Waals surface area contributed by atoms with Gasteiger partial charge < -0.3 is 32.0 Å². The monoisotopic (exact) mass is 372 g/mol. The summed E-state index contributed by atoms with van der Waals surface area (Å²) in [6.07, 6.45) is 5.08. The molecule has 0 unspecified atom stereocenters. The fourth-order valence-corrected chi connectivity index (χ4v) is 0.505. The largest absolute Gasteiger partial charge is 0.693 e. The number of aromatic amines is 1. The number of hydrogen-bond donors (Lipinski definition) is 5. The average molecular weight is 372 g/mol. The smallest absolute Gasteiger partial charge is 0.101 e. The molecule has 0 aliphatic heterocycles. The molecule has 1 aromatic heterocycles. The third-order valence-corrected chi connectivity index (χ3v) is 2.05. The molecule has 1 rings (SSSR count). The zero-order chi connectivity index (χ0) is 16.7. The van der Waals surface area contributed by atoms with Crippen molar-refractivity contribution in [1.29, 1.82) is 0 Å². The number of oxime groups is 4. The summed E-state index contributed by atoms with van der Waals surface area (Å²) < 4.78 is 0. The topological polar surface area (TPSA) is 193 Å². The second kappa shape index (κ2) is 19.6. The van der Waals surface area contributed by atoms with Crippen molar-refractivity contribution in [2.24, 2.45) is 20.6 Å². The quantitative estimate of drug-likeness (QED) is 0.230. The molecule has 0 saturated heterocycles. The first kappa shape index (κ1) is 28.7. The van der Waals surface area contributed by atoms with Crippen LogP contribution in [0.1, 0.15) is 27.7 Å². The van der Waals surface area contributed by atoms with Crippen molar-refractivity contribution >= 4 is 22.8 Å². The van der Waals surface area contributed by atoms with Gasteiger partial charge in [-0.2, -0.15) is 0 Å². The molecule has 0 amide bonds. The van der Waals surface area contributed by atoms with Crippen LogP contribution in [0.25, 0.3) is 6.15 Å². The zero-order valence-electron chi connectivity index (χ0n) is 13.2. The summed E-state index contributed by atoms with van der Waals surface area (Å²) in [5.74, 6) is 0. The summed E-state index contributed by atoms with van der Waals surface area (Å²) in [6.45, 7) is 6.15. The van der Waals surface area contributed by atoms with E-state index in [0.717, 1.165) is 0 Å². The SMILES string of the molecule is CC(=N\O)/C(C)=N/O.CC(=N\O)/C(C)=N/O.[Fe].[NH2-].c1c[nH]cn1. The number of nitrogens with one attached hydrogen (secondary N) is 1. The number of H-pyrrole nitrogens is 1. The maximum Gasteiger partial charge on any atom is 0.101 e. The predicted molar refractivity (Wildman–Crippen MR) is 83.5 cm³/mol. The molecule has 0 radical (unpaired) electrons. The summed E-state index contributed by atoms with van der Waals surface area (Å²) >= 11 is 0. The standard InChI is InChI=1S/2C4H8N2O2.C3H4N2.Fe.H2N/c2*1-3(5-7)4(2)6-8;1-2-5-3-4-1;;/h2*7-8H,1-2H3;1-3H,(H,4,5);;1H2/q;;;;-1/b2*5-3+,6-4+;;;. The first-order valence-electron chi connectivity index (χ1n) is 5.62. The van der Waals surface area contributed by atoms with E-state index in [9.17, 15) is 0 Å². The van der Waals surface area contributed by atoms with Gasteiger partial charge in [-0.3, -0.25) is 0 Å². The molecular weight excluding hydrogens is 350 g/mol. The Labute approximate surface area is 144 Å². The van der Waals surface area contributed by atoms with Gasteiger partial charge in [0, 0.05) is 29.5 Å². The molecule has 0 bridgehead atoms. The maximum atomic E-state index is 8.03. The van der Waals surface area contributed by atoms with Crippen molar-refractivity contribution in [2.75, 3.05) is 0 Å². The predicted octanol–water partition coefficient (Wildman–Crippen LogP) is 2.50. The van der Waals surface area contributed by atoms with E-state index >= 15 is 0 Å². The van der Waals surface area contributed by atoms with Crippen LogP contribution >= 0.6 is 0 Å². The molecule has 1 heterocycles. The normalized spacial score (nSPS) is 11.7. The van der Waals surface area contributed by atoms with Crippen molar-refractivity contribution in [3.05, 3.63) is 24.9 Å². The first-order valence-corrected chi connectivity index (χ1v) is 5.62. The van der Waals surface area contributed by atoms with E-state index in [0.29, 0.717) is 22.8 Å². The van der Waals surface area contributed by atoms with Gasteiger partial charge in [-0.25, -0.2) is 4.98 Å². The van der Waals surface area contributed by atoms with Crippen LogP contribution in [-0.4, -0.2) is 53.6 Å². The Balaban J connectivity index is -0.000000115. The van der Waals surface area contributed by atoms with E-state index < -0.39 is 0 Å². The molecule has 134 valence electrons. The molecule has 23 heavy (non-hydrogen) atoms. The van der Waals surface area contributed by atoms with Crippen molar-refractivity contribution in [1.82, 2.24) is 9.97 Å². The Morgan fingerprint density at radius 3 is 1.17 bits per heavy atom. The van der Waals surface area contributed by atoms with Gasteiger partial charge in [0.1, 0.15) is 22.8 Å². The Morgan fingerprint density at radius 2 is 1.09 bits per heavy atom. The van der Waals surface area contributed by atoms with Gasteiger partial charge in [-0.15, -0.1) is 0 Å². The molecule has 0 spiro atoms. The van der Waals surface area contributed by atoms with Crippen molar-refractivity contribution in [3.8, 4) is 0 Å². The molecule has 0 fully saturated rings. The summed E-state index contributed by atoms with van der Waals surface area (Å²) in [5, 5.41) is 43.3. The van der Waals surface area contributed by atoms with Crippen LogP contribution < -0.4 is 0 Å². The van der Waals surface area contributed by atoms with E-state index in [4.69, 9.17) is 20.8 Å².